The Kier molecular flexibility index (Phi) is 18.9. The van der Waals surface area contributed by atoms with E-state index in [1.54, 1.807) is 12.1 Å². The summed E-state index contributed by atoms with van der Waals surface area (Å²) >= 11 is 0. The average Bonchev–Trinajstić information content (AvgIpc) is 2.87. The molecule has 0 saturated carbocycles. The lowest BCUT2D eigenvalue weighted by Crippen LogP contribution is -2.15. The Morgan fingerprint density at radius 2 is 1.03 bits per heavy atom. The maximum absolute atomic E-state index is 12.0. The summed E-state index contributed by atoms with van der Waals surface area (Å²) < 4.78 is 65.8. The number of hydrogen-bond acceptors (Lipinski definition) is 11. The summed E-state index contributed by atoms with van der Waals surface area (Å²) in [5.74, 6) is -0.469. The van der Waals surface area contributed by atoms with E-state index in [-0.39, 0.29) is 24.7 Å². The van der Waals surface area contributed by atoms with Gasteiger partial charge in [0.15, 0.2) is 0 Å². The third kappa shape index (κ3) is 17.5. The van der Waals surface area contributed by atoms with Crippen LogP contribution in [0.4, 0.5) is 0 Å². The Labute approximate surface area is 213 Å². The van der Waals surface area contributed by atoms with Gasteiger partial charge in [0.1, 0.15) is 6.61 Å². The Balaban J connectivity index is 1.77. The van der Waals surface area contributed by atoms with Gasteiger partial charge in [0.25, 0.3) is 10.1 Å². The first-order valence-electron chi connectivity index (χ1n) is 11.7. The standard InChI is InChI=1S/C24H38O11S/c1-3-24(25)34-20-18-32-16-14-30-12-10-28-8-9-29-11-13-31-15-17-33-19-21-35-36(26,27)23-6-4-22(2)5-7-23/h3-7H,1,8-21H2,2H3. The maximum atomic E-state index is 12.0. The van der Waals surface area contributed by atoms with Crippen LogP contribution < -0.4 is 0 Å². The van der Waals surface area contributed by atoms with Gasteiger partial charge in [-0.25, -0.2) is 4.79 Å². The average molecular weight is 535 g/mol. The molecule has 0 aliphatic rings. The second-order valence-corrected chi connectivity index (χ2v) is 8.75. The molecule has 0 aliphatic heterocycles. The molecule has 0 unspecified atom stereocenters. The third-order valence-electron chi connectivity index (χ3n) is 4.27. The van der Waals surface area contributed by atoms with Gasteiger partial charge in [-0.2, -0.15) is 8.42 Å². The van der Waals surface area contributed by atoms with E-state index in [4.69, 9.17) is 37.3 Å². The van der Waals surface area contributed by atoms with Gasteiger partial charge in [-0.05, 0) is 19.1 Å². The zero-order valence-corrected chi connectivity index (χ0v) is 21.7. The summed E-state index contributed by atoms with van der Waals surface area (Å²) in [6.45, 7) is 9.91. The van der Waals surface area contributed by atoms with Crippen molar-refractivity contribution in [3.63, 3.8) is 0 Å². The Hall–Kier alpha value is -1.90. The highest BCUT2D eigenvalue weighted by Crippen LogP contribution is 2.12. The molecular formula is C24H38O11S. The monoisotopic (exact) mass is 534 g/mol. The molecule has 0 aromatic heterocycles. The van der Waals surface area contributed by atoms with Crippen LogP contribution in [0.5, 0.6) is 0 Å². The molecule has 0 saturated heterocycles. The normalized spacial score (nSPS) is 11.5. The second kappa shape index (κ2) is 21.2. The molecular weight excluding hydrogens is 496 g/mol. The maximum Gasteiger partial charge on any atom is 0.330 e. The summed E-state index contributed by atoms with van der Waals surface area (Å²) in [6.07, 6.45) is 1.10. The van der Waals surface area contributed by atoms with Crippen LogP contribution in [0.25, 0.3) is 0 Å². The molecule has 0 atom stereocenters. The smallest absolute Gasteiger partial charge is 0.330 e. The quantitative estimate of drug-likeness (QED) is 0.0830. The summed E-state index contributed by atoms with van der Waals surface area (Å²) in [5, 5.41) is 0. The van der Waals surface area contributed by atoms with Gasteiger partial charge in [0.2, 0.25) is 0 Å². The van der Waals surface area contributed by atoms with Crippen LogP contribution in [-0.2, 0) is 52.3 Å². The molecule has 0 radical (unpaired) electrons. The van der Waals surface area contributed by atoms with Crippen molar-refractivity contribution in [2.45, 2.75) is 11.8 Å². The molecule has 0 bridgehead atoms. The molecule has 0 N–H and O–H groups in total. The summed E-state index contributed by atoms with van der Waals surface area (Å²) in [6, 6.07) is 6.46. The molecule has 206 valence electrons. The van der Waals surface area contributed by atoms with Gasteiger partial charge < -0.3 is 33.2 Å². The van der Waals surface area contributed by atoms with Crippen molar-refractivity contribution in [2.75, 3.05) is 92.5 Å². The summed E-state index contributed by atoms with van der Waals surface area (Å²) in [5.41, 5.74) is 0.972. The van der Waals surface area contributed by atoms with Gasteiger partial charge in [-0.15, -0.1) is 0 Å². The predicted octanol–water partition coefficient (Wildman–Crippen LogP) is 1.53. The van der Waals surface area contributed by atoms with E-state index in [9.17, 15) is 13.2 Å². The van der Waals surface area contributed by atoms with Crippen LogP contribution in [0.2, 0.25) is 0 Å². The van der Waals surface area contributed by atoms with E-state index < -0.39 is 16.1 Å². The van der Waals surface area contributed by atoms with E-state index >= 15 is 0 Å². The van der Waals surface area contributed by atoms with Crippen molar-refractivity contribution < 1.29 is 50.6 Å². The highest BCUT2D eigenvalue weighted by atomic mass is 32.2. The van der Waals surface area contributed by atoms with Gasteiger partial charge in [0.05, 0.1) is 90.8 Å². The topological polar surface area (TPSA) is 125 Å². The lowest BCUT2D eigenvalue weighted by Gasteiger charge is -2.09. The number of esters is 1. The van der Waals surface area contributed by atoms with Crippen molar-refractivity contribution in [3.05, 3.63) is 42.5 Å². The number of rotatable bonds is 24. The lowest BCUT2D eigenvalue weighted by molar-refractivity contribution is -0.139. The van der Waals surface area contributed by atoms with Crippen LogP contribution >= 0.6 is 0 Å². The largest absolute Gasteiger partial charge is 0.460 e. The number of carbonyl (C=O) groups is 1. The number of carbonyl (C=O) groups excluding carboxylic acids is 1. The molecule has 1 rings (SSSR count). The molecule has 0 fully saturated rings. The van der Waals surface area contributed by atoms with Crippen molar-refractivity contribution in [1.29, 1.82) is 0 Å². The van der Waals surface area contributed by atoms with Crippen molar-refractivity contribution >= 4 is 16.1 Å². The molecule has 12 heteroatoms. The van der Waals surface area contributed by atoms with Crippen LogP contribution in [0.1, 0.15) is 5.56 Å². The molecule has 36 heavy (non-hydrogen) atoms. The fraction of sp³-hybridized carbons (Fsp3) is 0.625. The molecule has 0 aliphatic carbocycles. The minimum atomic E-state index is -3.77. The Bertz CT molecular complexity index is 797. The van der Waals surface area contributed by atoms with Gasteiger partial charge in [0, 0.05) is 6.08 Å². The van der Waals surface area contributed by atoms with E-state index in [0.717, 1.165) is 11.6 Å². The van der Waals surface area contributed by atoms with E-state index in [1.165, 1.54) is 12.1 Å². The zero-order valence-electron chi connectivity index (χ0n) is 20.9. The predicted molar refractivity (Wildman–Crippen MR) is 130 cm³/mol. The molecule has 1 aromatic carbocycles. The highest BCUT2D eigenvalue weighted by Gasteiger charge is 2.14. The molecule has 1 aromatic rings. The highest BCUT2D eigenvalue weighted by molar-refractivity contribution is 7.86. The van der Waals surface area contributed by atoms with Crippen LogP contribution in [0, 0.1) is 6.92 Å². The minimum absolute atomic E-state index is 0.0623. The summed E-state index contributed by atoms with van der Waals surface area (Å²) in [7, 11) is -3.77. The Morgan fingerprint density at radius 1 is 0.667 bits per heavy atom. The first-order chi connectivity index (χ1) is 17.5. The number of aryl methyl sites for hydroxylation is 1. The molecule has 0 heterocycles. The first kappa shape index (κ1) is 32.1. The van der Waals surface area contributed by atoms with E-state index in [0.29, 0.717) is 72.7 Å². The molecule has 11 nitrogen and oxygen atoms in total. The lowest BCUT2D eigenvalue weighted by atomic mass is 10.2. The van der Waals surface area contributed by atoms with Crippen molar-refractivity contribution in [2.24, 2.45) is 0 Å². The van der Waals surface area contributed by atoms with Gasteiger partial charge in [-0.1, -0.05) is 24.3 Å². The van der Waals surface area contributed by atoms with E-state index in [1.807, 2.05) is 6.92 Å². The minimum Gasteiger partial charge on any atom is -0.460 e. The van der Waals surface area contributed by atoms with Crippen molar-refractivity contribution in [3.8, 4) is 0 Å². The fourth-order valence-electron chi connectivity index (χ4n) is 2.44. The second-order valence-electron chi connectivity index (χ2n) is 7.14. The Morgan fingerprint density at radius 3 is 1.42 bits per heavy atom. The SMILES string of the molecule is C=CC(=O)OCCOCCOCCOCCOCCOCCOCCOS(=O)(=O)c1ccc(C)cc1. The zero-order chi connectivity index (χ0) is 26.3. The fourth-order valence-corrected chi connectivity index (χ4v) is 3.33. The van der Waals surface area contributed by atoms with Gasteiger partial charge in [-0.3, -0.25) is 4.18 Å². The van der Waals surface area contributed by atoms with Gasteiger partial charge >= 0.3 is 5.97 Å². The first-order valence-corrected chi connectivity index (χ1v) is 13.1. The number of hydrogen-bond donors (Lipinski definition) is 0. The molecule has 0 amide bonds. The third-order valence-corrected chi connectivity index (χ3v) is 5.60. The van der Waals surface area contributed by atoms with Crippen LogP contribution in [-0.4, -0.2) is 107 Å². The number of ether oxygens (including phenoxy) is 7. The molecule has 0 spiro atoms. The van der Waals surface area contributed by atoms with Crippen LogP contribution in [0.3, 0.4) is 0 Å². The summed E-state index contributed by atoms with van der Waals surface area (Å²) in [4.78, 5) is 10.9. The number of benzene rings is 1. The van der Waals surface area contributed by atoms with Crippen LogP contribution in [0.15, 0.2) is 41.8 Å². The van der Waals surface area contributed by atoms with E-state index in [2.05, 4.69) is 6.58 Å². The van der Waals surface area contributed by atoms with Crippen molar-refractivity contribution in [1.82, 2.24) is 0 Å².